The van der Waals surface area contributed by atoms with Gasteiger partial charge in [0.15, 0.2) is 0 Å². The van der Waals surface area contributed by atoms with E-state index in [1.807, 2.05) is 6.92 Å². The van der Waals surface area contributed by atoms with Gasteiger partial charge in [-0.15, -0.1) is 0 Å². The largest absolute Gasteiger partial charge is 0.397 e. The third-order valence-electron chi connectivity index (χ3n) is 4.05. The summed E-state index contributed by atoms with van der Waals surface area (Å²) < 4.78 is 0. The Kier molecular flexibility index (Phi) is 4.95. The van der Waals surface area contributed by atoms with Crippen LogP contribution in [0, 0.1) is 6.92 Å². The van der Waals surface area contributed by atoms with Gasteiger partial charge in [-0.2, -0.15) is 0 Å². The highest BCUT2D eigenvalue weighted by atomic mass is 16.1. The molecule has 1 aliphatic carbocycles. The van der Waals surface area contributed by atoms with Crippen LogP contribution in [0.4, 0.5) is 5.69 Å². The van der Waals surface area contributed by atoms with E-state index in [0.29, 0.717) is 29.5 Å². The number of nitrogen functional groups attached to an aromatic ring is 1. The highest BCUT2D eigenvalue weighted by Crippen LogP contribution is 2.21. The number of carbonyl (C=O) groups excluding carboxylic acids is 1. The topological polar surface area (TPSA) is 71.2 Å². The Labute approximate surface area is 120 Å². The zero-order valence-electron chi connectivity index (χ0n) is 12.4. The summed E-state index contributed by atoms with van der Waals surface area (Å²) in [6.45, 7) is 3.35. The minimum Gasteiger partial charge on any atom is -0.397 e. The van der Waals surface area contributed by atoms with Crippen molar-refractivity contribution in [1.82, 2.24) is 15.2 Å². The van der Waals surface area contributed by atoms with Gasteiger partial charge in [0.05, 0.1) is 23.1 Å². The average Bonchev–Trinajstić information content (AvgIpc) is 2.95. The molecule has 0 aromatic carbocycles. The normalized spacial score (nSPS) is 15.8. The van der Waals surface area contributed by atoms with E-state index in [1.54, 1.807) is 12.3 Å². The Hall–Kier alpha value is -1.62. The van der Waals surface area contributed by atoms with Gasteiger partial charge in [0.25, 0.3) is 5.91 Å². The minimum absolute atomic E-state index is 0.0953. The third-order valence-corrected chi connectivity index (χ3v) is 4.05. The van der Waals surface area contributed by atoms with Crippen LogP contribution in [0.15, 0.2) is 12.3 Å². The van der Waals surface area contributed by atoms with Gasteiger partial charge >= 0.3 is 0 Å². The maximum atomic E-state index is 12.1. The van der Waals surface area contributed by atoms with Crippen LogP contribution in [-0.2, 0) is 0 Å². The summed E-state index contributed by atoms with van der Waals surface area (Å²) in [5, 5.41) is 2.95. The summed E-state index contributed by atoms with van der Waals surface area (Å²) in [4.78, 5) is 18.5. The van der Waals surface area contributed by atoms with Crippen LogP contribution in [0.3, 0.4) is 0 Å². The van der Waals surface area contributed by atoms with Crippen molar-refractivity contribution >= 4 is 11.6 Å². The fourth-order valence-corrected chi connectivity index (χ4v) is 2.75. The smallest absolute Gasteiger partial charge is 0.253 e. The number of amides is 1. The predicted molar refractivity (Wildman–Crippen MR) is 80.6 cm³/mol. The number of nitrogens with one attached hydrogen (secondary N) is 1. The van der Waals surface area contributed by atoms with Crippen molar-refractivity contribution in [2.24, 2.45) is 0 Å². The second-order valence-electron chi connectivity index (χ2n) is 5.58. The molecule has 5 heteroatoms. The quantitative estimate of drug-likeness (QED) is 0.856. The first-order valence-corrected chi connectivity index (χ1v) is 7.28. The first-order chi connectivity index (χ1) is 9.58. The Balaban J connectivity index is 1.81. The number of anilines is 1. The summed E-state index contributed by atoms with van der Waals surface area (Å²) in [7, 11) is 2.13. The average molecular weight is 276 g/mol. The van der Waals surface area contributed by atoms with Crippen molar-refractivity contribution in [2.45, 2.75) is 38.6 Å². The van der Waals surface area contributed by atoms with Gasteiger partial charge in [-0.1, -0.05) is 12.8 Å². The minimum atomic E-state index is -0.0953. The van der Waals surface area contributed by atoms with Gasteiger partial charge in [-0.05, 0) is 32.9 Å². The monoisotopic (exact) mass is 276 g/mol. The maximum Gasteiger partial charge on any atom is 0.253 e. The van der Waals surface area contributed by atoms with E-state index in [4.69, 9.17) is 5.73 Å². The Morgan fingerprint density at radius 3 is 2.90 bits per heavy atom. The van der Waals surface area contributed by atoms with Gasteiger partial charge in [-0.25, -0.2) is 0 Å². The fourth-order valence-electron chi connectivity index (χ4n) is 2.75. The number of carbonyl (C=O) groups is 1. The van der Waals surface area contributed by atoms with Crippen LogP contribution < -0.4 is 11.1 Å². The molecule has 0 saturated heterocycles. The molecule has 0 atom stereocenters. The second-order valence-corrected chi connectivity index (χ2v) is 5.58. The highest BCUT2D eigenvalue weighted by molar-refractivity contribution is 5.95. The first kappa shape index (κ1) is 14.8. The van der Waals surface area contributed by atoms with Crippen molar-refractivity contribution < 1.29 is 4.79 Å². The van der Waals surface area contributed by atoms with Crippen LogP contribution in [0.5, 0.6) is 0 Å². The molecule has 110 valence electrons. The zero-order chi connectivity index (χ0) is 14.5. The van der Waals surface area contributed by atoms with Crippen LogP contribution >= 0.6 is 0 Å². The molecule has 1 aromatic rings. The molecule has 1 fully saturated rings. The summed E-state index contributed by atoms with van der Waals surface area (Å²) in [6.07, 6.45) is 6.79. The van der Waals surface area contributed by atoms with Crippen LogP contribution in [-0.4, -0.2) is 42.0 Å². The Morgan fingerprint density at radius 2 is 2.20 bits per heavy atom. The molecule has 1 aliphatic rings. The molecule has 20 heavy (non-hydrogen) atoms. The van der Waals surface area contributed by atoms with Crippen molar-refractivity contribution in [1.29, 1.82) is 0 Å². The number of hydrogen-bond acceptors (Lipinski definition) is 4. The SMILES string of the molecule is Cc1ncc(N)cc1C(=O)NCCN(C)C1CCCC1. The molecule has 0 spiro atoms. The molecular formula is C15H24N4O. The second kappa shape index (κ2) is 6.70. The van der Waals surface area contributed by atoms with Crippen molar-refractivity contribution in [3.8, 4) is 0 Å². The summed E-state index contributed by atoms with van der Waals surface area (Å²) in [5.41, 5.74) is 7.46. The lowest BCUT2D eigenvalue weighted by Crippen LogP contribution is -2.37. The number of aromatic nitrogens is 1. The highest BCUT2D eigenvalue weighted by Gasteiger charge is 2.19. The number of rotatable bonds is 5. The third kappa shape index (κ3) is 3.70. The summed E-state index contributed by atoms with van der Waals surface area (Å²) >= 11 is 0. The molecule has 5 nitrogen and oxygen atoms in total. The Morgan fingerprint density at radius 1 is 1.50 bits per heavy atom. The number of likely N-dealkylation sites (N-methyl/N-ethyl adjacent to an activating group) is 1. The molecule has 0 bridgehead atoms. The lowest BCUT2D eigenvalue weighted by Gasteiger charge is -2.23. The van der Waals surface area contributed by atoms with Crippen LogP contribution in [0.25, 0.3) is 0 Å². The van der Waals surface area contributed by atoms with Crippen LogP contribution in [0.2, 0.25) is 0 Å². The van der Waals surface area contributed by atoms with E-state index < -0.39 is 0 Å². The number of aryl methyl sites for hydroxylation is 1. The van der Waals surface area contributed by atoms with Gasteiger partial charge in [0, 0.05) is 19.1 Å². The summed E-state index contributed by atoms with van der Waals surface area (Å²) in [6, 6.07) is 2.36. The standard InChI is InChI=1S/C15H24N4O/c1-11-14(9-12(16)10-18-11)15(20)17-7-8-19(2)13-5-3-4-6-13/h9-10,13H,3-8,16H2,1-2H3,(H,17,20). The number of nitrogens with zero attached hydrogens (tertiary/aromatic N) is 2. The number of nitrogens with two attached hydrogens (primary N) is 1. The molecule has 0 unspecified atom stereocenters. The zero-order valence-corrected chi connectivity index (χ0v) is 12.4. The van der Waals surface area contributed by atoms with Crippen LogP contribution in [0.1, 0.15) is 41.7 Å². The summed E-state index contributed by atoms with van der Waals surface area (Å²) in [5.74, 6) is -0.0953. The van der Waals surface area contributed by atoms with E-state index in [0.717, 1.165) is 6.54 Å². The molecule has 0 aliphatic heterocycles. The van der Waals surface area contributed by atoms with E-state index in [1.165, 1.54) is 25.7 Å². The Bertz CT molecular complexity index is 469. The maximum absolute atomic E-state index is 12.1. The molecule has 1 aromatic heterocycles. The molecule has 3 N–H and O–H groups in total. The van der Waals surface area contributed by atoms with E-state index in [-0.39, 0.29) is 5.91 Å². The lowest BCUT2D eigenvalue weighted by molar-refractivity contribution is 0.0946. The van der Waals surface area contributed by atoms with Crippen molar-refractivity contribution in [3.05, 3.63) is 23.5 Å². The van der Waals surface area contributed by atoms with Gasteiger partial charge in [-0.3, -0.25) is 9.78 Å². The predicted octanol–water partition coefficient (Wildman–Crippen LogP) is 1.58. The van der Waals surface area contributed by atoms with E-state index in [2.05, 4.69) is 22.2 Å². The number of hydrogen-bond donors (Lipinski definition) is 2. The molecule has 0 radical (unpaired) electrons. The fraction of sp³-hybridized carbons (Fsp3) is 0.600. The molecule has 1 amide bonds. The number of pyridine rings is 1. The molecule has 1 saturated carbocycles. The van der Waals surface area contributed by atoms with Gasteiger partial charge < -0.3 is 16.0 Å². The first-order valence-electron chi connectivity index (χ1n) is 7.28. The van der Waals surface area contributed by atoms with Gasteiger partial charge in [0.1, 0.15) is 0 Å². The molecular weight excluding hydrogens is 252 g/mol. The molecule has 1 heterocycles. The lowest BCUT2D eigenvalue weighted by atomic mass is 10.2. The van der Waals surface area contributed by atoms with Gasteiger partial charge in [0.2, 0.25) is 0 Å². The van der Waals surface area contributed by atoms with E-state index in [9.17, 15) is 4.79 Å². The van der Waals surface area contributed by atoms with Crippen molar-refractivity contribution in [2.75, 3.05) is 25.9 Å². The van der Waals surface area contributed by atoms with E-state index >= 15 is 0 Å². The van der Waals surface area contributed by atoms with Crippen molar-refractivity contribution in [3.63, 3.8) is 0 Å². The molecule has 2 rings (SSSR count).